The molecular weight excluding hydrogens is 332 g/mol. The fourth-order valence-electron chi connectivity index (χ4n) is 3.32. The SMILES string of the molecule is CC(=O)c1ccc(CCCC[C@@H](C)NCc2ccc3cnccc3c2)cc1. The molecule has 3 rings (SSSR count). The molecule has 1 heterocycles. The molecular formula is C24H28N2O. The molecule has 3 heteroatoms. The fourth-order valence-corrected chi connectivity index (χ4v) is 3.32. The summed E-state index contributed by atoms with van der Waals surface area (Å²) in [6, 6.07) is 17.1. The third-order valence-corrected chi connectivity index (χ3v) is 5.07. The Morgan fingerprint density at radius 1 is 1.00 bits per heavy atom. The molecule has 0 aliphatic carbocycles. The van der Waals surface area contributed by atoms with Gasteiger partial charge in [0.15, 0.2) is 5.78 Å². The quantitative estimate of drug-likeness (QED) is 0.414. The molecule has 3 nitrogen and oxygen atoms in total. The van der Waals surface area contributed by atoms with Gasteiger partial charge in [0.1, 0.15) is 0 Å². The molecule has 0 amide bonds. The molecule has 0 unspecified atom stereocenters. The number of aromatic nitrogens is 1. The van der Waals surface area contributed by atoms with E-state index in [1.54, 1.807) is 6.92 Å². The molecule has 0 fully saturated rings. The molecule has 0 aliphatic heterocycles. The number of hydrogen-bond donors (Lipinski definition) is 1. The van der Waals surface area contributed by atoms with Crippen molar-refractivity contribution in [3.05, 3.63) is 77.6 Å². The maximum absolute atomic E-state index is 11.3. The summed E-state index contributed by atoms with van der Waals surface area (Å²) in [5, 5.41) is 6.06. The summed E-state index contributed by atoms with van der Waals surface area (Å²) < 4.78 is 0. The lowest BCUT2D eigenvalue weighted by Gasteiger charge is -2.14. The van der Waals surface area contributed by atoms with Gasteiger partial charge < -0.3 is 5.32 Å². The fraction of sp³-hybridized carbons (Fsp3) is 0.333. The number of nitrogens with one attached hydrogen (secondary N) is 1. The van der Waals surface area contributed by atoms with Crippen LogP contribution in [0.15, 0.2) is 60.9 Å². The number of pyridine rings is 1. The standard InChI is InChI=1S/C24H28N2O/c1-18(5-3-4-6-20-7-10-22(11-8-20)19(2)27)26-16-21-9-12-24-17-25-14-13-23(24)15-21/h7-15,17-18,26H,3-6,16H2,1-2H3/t18-/m1/s1. The topological polar surface area (TPSA) is 42.0 Å². The van der Waals surface area contributed by atoms with Crippen molar-refractivity contribution in [2.75, 3.05) is 0 Å². The van der Waals surface area contributed by atoms with Crippen LogP contribution in [0.5, 0.6) is 0 Å². The number of nitrogens with zero attached hydrogens (tertiary/aromatic N) is 1. The van der Waals surface area contributed by atoms with Crippen molar-refractivity contribution in [2.24, 2.45) is 0 Å². The van der Waals surface area contributed by atoms with Crippen molar-refractivity contribution in [3.8, 4) is 0 Å². The average molecular weight is 361 g/mol. The van der Waals surface area contributed by atoms with Crippen LogP contribution < -0.4 is 5.32 Å². The lowest BCUT2D eigenvalue weighted by atomic mass is 10.0. The number of unbranched alkanes of at least 4 members (excludes halogenated alkanes) is 1. The van der Waals surface area contributed by atoms with Crippen molar-refractivity contribution in [1.29, 1.82) is 0 Å². The molecule has 140 valence electrons. The first-order chi connectivity index (χ1) is 13.1. The van der Waals surface area contributed by atoms with Gasteiger partial charge in [0.05, 0.1) is 0 Å². The van der Waals surface area contributed by atoms with Crippen molar-refractivity contribution in [2.45, 2.75) is 52.1 Å². The minimum absolute atomic E-state index is 0.129. The summed E-state index contributed by atoms with van der Waals surface area (Å²) >= 11 is 0. The summed E-state index contributed by atoms with van der Waals surface area (Å²) in [6.45, 7) is 4.76. The van der Waals surface area contributed by atoms with E-state index in [-0.39, 0.29) is 5.78 Å². The lowest BCUT2D eigenvalue weighted by Crippen LogP contribution is -2.25. The number of Topliss-reactive ketones (excluding diaryl/α,β-unsaturated/α-hetero) is 1. The molecule has 1 atom stereocenters. The first kappa shape index (κ1) is 19.2. The average Bonchev–Trinajstić information content (AvgIpc) is 2.70. The minimum atomic E-state index is 0.129. The van der Waals surface area contributed by atoms with Gasteiger partial charge in [0.2, 0.25) is 0 Å². The summed E-state index contributed by atoms with van der Waals surface area (Å²) in [5.74, 6) is 0.129. The van der Waals surface area contributed by atoms with Crippen LogP contribution in [0, 0.1) is 0 Å². The lowest BCUT2D eigenvalue weighted by molar-refractivity contribution is 0.101. The van der Waals surface area contributed by atoms with Gasteiger partial charge in [-0.2, -0.15) is 0 Å². The Balaban J connectivity index is 1.37. The number of benzene rings is 2. The molecule has 27 heavy (non-hydrogen) atoms. The van der Waals surface area contributed by atoms with Gasteiger partial charge >= 0.3 is 0 Å². The van der Waals surface area contributed by atoms with Gasteiger partial charge in [-0.15, -0.1) is 0 Å². The number of ketones is 1. The second-order valence-electron chi connectivity index (χ2n) is 7.34. The highest BCUT2D eigenvalue weighted by Crippen LogP contribution is 2.15. The monoisotopic (exact) mass is 360 g/mol. The third kappa shape index (κ3) is 5.73. The maximum atomic E-state index is 11.3. The van der Waals surface area contributed by atoms with E-state index in [4.69, 9.17) is 0 Å². The van der Waals surface area contributed by atoms with E-state index in [0.717, 1.165) is 18.5 Å². The normalized spacial score (nSPS) is 12.2. The summed E-state index contributed by atoms with van der Waals surface area (Å²) in [6.07, 6.45) is 8.37. The van der Waals surface area contributed by atoms with E-state index in [0.29, 0.717) is 6.04 Å². The van der Waals surface area contributed by atoms with E-state index in [1.165, 1.54) is 41.2 Å². The van der Waals surface area contributed by atoms with Crippen LogP contribution in [-0.2, 0) is 13.0 Å². The molecule has 1 aromatic heterocycles. The molecule has 0 spiro atoms. The first-order valence-electron chi connectivity index (χ1n) is 9.78. The number of carbonyl (C=O) groups is 1. The van der Waals surface area contributed by atoms with Crippen LogP contribution in [0.2, 0.25) is 0 Å². The van der Waals surface area contributed by atoms with Crippen LogP contribution in [0.4, 0.5) is 0 Å². The van der Waals surface area contributed by atoms with Gasteiger partial charge in [0, 0.05) is 35.9 Å². The largest absolute Gasteiger partial charge is 0.310 e. The smallest absolute Gasteiger partial charge is 0.159 e. The molecule has 1 N–H and O–H groups in total. The number of hydrogen-bond acceptors (Lipinski definition) is 3. The van der Waals surface area contributed by atoms with E-state index in [1.807, 2.05) is 24.5 Å². The van der Waals surface area contributed by atoms with E-state index >= 15 is 0 Å². The zero-order valence-electron chi connectivity index (χ0n) is 16.2. The number of rotatable bonds is 9. The molecule has 3 aromatic rings. The third-order valence-electron chi connectivity index (χ3n) is 5.07. The Bertz CT molecular complexity index is 886. The van der Waals surface area contributed by atoms with Crippen LogP contribution in [0.25, 0.3) is 10.8 Å². The van der Waals surface area contributed by atoms with Crippen LogP contribution in [0.1, 0.15) is 54.6 Å². The Labute approximate surface area is 161 Å². The van der Waals surface area contributed by atoms with E-state index in [9.17, 15) is 4.79 Å². The summed E-state index contributed by atoms with van der Waals surface area (Å²) in [4.78, 5) is 15.5. The Morgan fingerprint density at radius 2 is 1.78 bits per heavy atom. The second-order valence-corrected chi connectivity index (χ2v) is 7.34. The molecule has 0 aliphatic rings. The van der Waals surface area contributed by atoms with Crippen molar-refractivity contribution in [1.82, 2.24) is 10.3 Å². The molecule has 0 radical (unpaired) electrons. The Hall–Kier alpha value is -2.52. The zero-order chi connectivity index (χ0) is 19.1. The van der Waals surface area contributed by atoms with Gasteiger partial charge in [-0.1, -0.05) is 42.8 Å². The molecule has 0 saturated heterocycles. The van der Waals surface area contributed by atoms with E-state index in [2.05, 4.69) is 53.6 Å². The maximum Gasteiger partial charge on any atom is 0.159 e. The van der Waals surface area contributed by atoms with Crippen LogP contribution in [-0.4, -0.2) is 16.8 Å². The number of aryl methyl sites for hydroxylation is 1. The minimum Gasteiger partial charge on any atom is -0.310 e. The van der Waals surface area contributed by atoms with Crippen LogP contribution >= 0.6 is 0 Å². The van der Waals surface area contributed by atoms with Crippen molar-refractivity contribution < 1.29 is 4.79 Å². The number of carbonyl (C=O) groups excluding carboxylic acids is 1. The van der Waals surface area contributed by atoms with Crippen molar-refractivity contribution in [3.63, 3.8) is 0 Å². The highest BCUT2D eigenvalue weighted by molar-refractivity contribution is 5.94. The second kappa shape index (κ2) is 9.43. The summed E-state index contributed by atoms with van der Waals surface area (Å²) in [7, 11) is 0. The molecule has 0 saturated carbocycles. The number of fused-ring (bicyclic) bond motifs is 1. The first-order valence-corrected chi connectivity index (χ1v) is 9.78. The van der Waals surface area contributed by atoms with Gasteiger partial charge in [-0.05, 0) is 61.8 Å². The molecule has 2 aromatic carbocycles. The predicted molar refractivity (Wildman–Crippen MR) is 112 cm³/mol. The predicted octanol–water partition coefficient (Wildman–Crippen LogP) is 5.33. The summed E-state index contributed by atoms with van der Waals surface area (Å²) in [5.41, 5.74) is 3.42. The Morgan fingerprint density at radius 3 is 2.56 bits per heavy atom. The highest BCUT2D eigenvalue weighted by atomic mass is 16.1. The van der Waals surface area contributed by atoms with E-state index < -0.39 is 0 Å². The van der Waals surface area contributed by atoms with Gasteiger partial charge in [-0.3, -0.25) is 9.78 Å². The highest BCUT2D eigenvalue weighted by Gasteiger charge is 2.04. The van der Waals surface area contributed by atoms with Gasteiger partial charge in [0.25, 0.3) is 0 Å². The Kier molecular flexibility index (Phi) is 6.72. The molecule has 0 bridgehead atoms. The van der Waals surface area contributed by atoms with Gasteiger partial charge in [-0.25, -0.2) is 0 Å². The van der Waals surface area contributed by atoms with Crippen molar-refractivity contribution >= 4 is 16.6 Å². The van der Waals surface area contributed by atoms with Crippen LogP contribution in [0.3, 0.4) is 0 Å². The zero-order valence-corrected chi connectivity index (χ0v) is 16.2.